The van der Waals surface area contributed by atoms with Gasteiger partial charge >= 0.3 is 0 Å². The van der Waals surface area contributed by atoms with Gasteiger partial charge in [0.2, 0.25) is 0 Å². The molecule has 1 saturated heterocycles. The Morgan fingerprint density at radius 3 is 3.22 bits per heavy atom. The van der Waals surface area contributed by atoms with E-state index in [1.807, 2.05) is 0 Å². The van der Waals surface area contributed by atoms with E-state index < -0.39 is 0 Å². The molecule has 0 aliphatic carbocycles. The second-order valence-corrected chi connectivity index (χ2v) is 4.74. The van der Waals surface area contributed by atoms with Crippen LogP contribution in [0.3, 0.4) is 0 Å². The van der Waals surface area contributed by atoms with Crippen LogP contribution in [-0.2, 0) is 0 Å². The van der Waals surface area contributed by atoms with E-state index in [0.29, 0.717) is 0 Å². The van der Waals surface area contributed by atoms with Crippen LogP contribution in [0.5, 0.6) is 0 Å². The van der Waals surface area contributed by atoms with Crippen LogP contribution in [-0.4, -0.2) is 29.1 Å². The number of amidine groups is 1. The summed E-state index contributed by atoms with van der Waals surface area (Å²) in [6.45, 7) is 4.25. The number of pyridine rings is 1. The van der Waals surface area contributed by atoms with E-state index >= 15 is 0 Å². The van der Waals surface area contributed by atoms with Gasteiger partial charge in [-0.3, -0.25) is 4.98 Å². The van der Waals surface area contributed by atoms with Gasteiger partial charge in [-0.05, 0) is 24.8 Å². The lowest BCUT2D eigenvalue weighted by molar-refractivity contribution is 0.318. The van der Waals surface area contributed by atoms with Crippen molar-refractivity contribution in [1.82, 2.24) is 4.98 Å². The second-order valence-electron chi connectivity index (χ2n) is 4.74. The molecular weight excluding hydrogens is 228 g/mol. The lowest BCUT2D eigenvalue weighted by atomic mass is 9.95. The van der Waals surface area contributed by atoms with E-state index in [9.17, 15) is 0 Å². The van der Waals surface area contributed by atoms with Crippen molar-refractivity contribution < 1.29 is 5.21 Å². The SMILES string of the molecule is CCC1CCCN(c2cnccc2/C(N)=N/O)C1. The van der Waals surface area contributed by atoms with Crippen LogP contribution >= 0.6 is 0 Å². The van der Waals surface area contributed by atoms with Crippen molar-refractivity contribution in [3.8, 4) is 0 Å². The maximum atomic E-state index is 8.83. The molecule has 1 fully saturated rings. The molecule has 1 aliphatic heterocycles. The molecule has 1 aromatic rings. The molecular formula is C13H20N4O. The Kier molecular flexibility index (Phi) is 4.02. The summed E-state index contributed by atoms with van der Waals surface area (Å²) >= 11 is 0. The molecule has 0 saturated carbocycles. The second kappa shape index (κ2) is 5.71. The molecule has 0 radical (unpaired) electrons. The minimum atomic E-state index is 0.144. The van der Waals surface area contributed by atoms with Crippen molar-refractivity contribution in [3.63, 3.8) is 0 Å². The number of nitrogens with two attached hydrogens (primary N) is 1. The summed E-state index contributed by atoms with van der Waals surface area (Å²) in [4.78, 5) is 6.44. The van der Waals surface area contributed by atoms with Crippen LogP contribution in [0.2, 0.25) is 0 Å². The quantitative estimate of drug-likeness (QED) is 0.370. The molecule has 0 bridgehead atoms. The number of hydrogen-bond donors (Lipinski definition) is 2. The number of oxime groups is 1. The van der Waals surface area contributed by atoms with Gasteiger partial charge in [0.25, 0.3) is 0 Å². The lowest BCUT2D eigenvalue weighted by Crippen LogP contribution is -2.36. The third-order valence-corrected chi connectivity index (χ3v) is 3.62. The van der Waals surface area contributed by atoms with E-state index in [0.717, 1.165) is 30.3 Å². The molecule has 3 N–H and O–H groups in total. The smallest absolute Gasteiger partial charge is 0.172 e. The first-order chi connectivity index (χ1) is 8.76. The zero-order valence-corrected chi connectivity index (χ0v) is 10.7. The van der Waals surface area contributed by atoms with Crippen LogP contribution in [0.15, 0.2) is 23.6 Å². The third-order valence-electron chi connectivity index (χ3n) is 3.62. The molecule has 1 atom stereocenters. The maximum absolute atomic E-state index is 8.83. The van der Waals surface area contributed by atoms with Crippen LogP contribution < -0.4 is 10.6 Å². The summed E-state index contributed by atoms with van der Waals surface area (Å²) < 4.78 is 0. The van der Waals surface area contributed by atoms with Gasteiger partial charge in [0, 0.05) is 24.8 Å². The fourth-order valence-electron chi connectivity index (χ4n) is 2.53. The third kappa shape index (κ3) is 2.55. The Morgan fingerprint density at radius 1 is 1.67 bits per heavy atom. The van der Waals surface area contributed by atoms with Gasteiger partial charge in [0.1, 0.15) is 0 Å². The maximum Gasteiger partial charge on any atom is 0.172 e. The summed E-state index contributed by atoms with van der Waals surface area (Å²) in [6.07, 6.45) is 7.12. The molecule has 0 aromatic carbocycles. The average Bonchev–Trinajstić information content (AvgIpc) is 2.46. The molecule has 0 amide bonds. The number of piperidine rings is 1. The predicted octanol–water partition coefficient (Wildman–Crippen LogP) is 1.80. The monoisotopic (exact) mass is 248 g/mol. The van der Waals surface area contributed by atoms with Crippen molar-refractivity contribution in [2.24, 2.45) is 16.8 Å². The van der Waals surface area contributed by atoms with Crippen molar-refractivity contribution in [2.45, 2.75) is 26.2 Å². The zero-order valence-electron chi connectivity index (χ0n) is 10.7. The first kappa shape index (κ1) is 12.7. The van der Waals surface area contributed by atoms with Crippen molar-refractivity contribution in [2.75, 3.05) is 18.0 Å². The average molecular weight is 248 g/mol. The number of hydrogen-bond acceptors (Lipinski definition) is 4. The molecule has 18 heavy (non-hydrogen) atoms. The van der Waals surface area contributed by atoms with Crippen molar-refractivity contribution in [1.29, 1.82) is 0 Å². The molecule has 98 valence electrons. The Bertz CT molecular complexity index is 433. The standard InChI is InChI=1S/C13H20N4O/c1-2-10-4-3-7-17(9-10)12-8-15-6-5-11(12)13(14)16-18/h5-6,8,10,18H,2-4,7,9H2,1H3,(H2,14,16). The summed E-state index contributed by atoms with van der Waals surface area (Å²) in [5.74, 6) is 0.866. The topological polar surface area (TPSA) is 74.7 Å². The molecule has 1 aromatic heterocycles. The summed E-state index contributed by atoms with van der Waals surface area (Å²) in [7, 11) is 0. The molecule has 5 heteroatoms. The number of rotatable bonds is 3. The fourth-order valence-corrected chi connectivity index (χ4v) is 2.53. The highest BCUT2D eigenvalue weighted by atomic mass is 16.4. The molecule has 0 spiro atoms. The van der Waals surface area contributed by atoms with E-state index in [4.69, 9.17) is 10.9 Å². The Hall–Kier alpha value is -1.78. The van der Waals surface area contributed by atoms with Gasteiger partial charge < -0.3 is 15.8 Å². The van der Waals surface area contributed by atoms with Crippen LogP contribution in [0.1, 0.15) is 31.7 Å². The number of aromatic nitrogens is 1. The minimum Gasteiger partial charge on any atom is -0.409 e. The first-order valence-electron chi connectivity index (χ1n) is 6.43. The van der Waals surface area contributed by atoms with Crippen LogP contribution in [0.25, 0.3) is 0 Å². The molecule has 2 heterocycles. The molecule has 2 rings (SSSR count). The molecule has 1 aliphatic rings. The highest BCUT2D eigenvalue weighted by molar-refractivity contribution is 6.02. The predicted molar refractivity (Wildman–Crippen MR) is 72.0 cm³/mol. The first-order valence-corrected chi connectivity index (χ1v) is 6.43. The van der Waals surface area contributed by atoms with E-state index in [1.165, 1.54) is 19.3 Å². The normalized spacial score (nSPS) is 21.1. The van der Waals surface area contributed by atoms with Gasteiger partial charge in [-0.2, -0.15) is 0 Å². The highest BCUT2D eigenvalue weighted by Crippen LogP contribution is 2.26. The summed E-state index contributed by atoms with van der Waals surface area (Å²) in [5.41, 5.74) is 7.43. The Labute approximate surface area is 107 Å². The Balaban J connectivity index is 2.27. The van der Waals surface area contributed by atoms with E-state index in [-0.39, 0.29) is 5.84 Å². The number of nitrogens with zero attached hydrogens (tertiary/aromatic N) is 3. The highest BCUT2D eigenvalue weighted by Gasteiger charge is 2.21. The zero-order chi connectivity index (χ0) is 13.0. The summed E-state index contributed by atoms with van der Waals surface area (Å²) in [5, 5.41) is 11.9. The van der Waals surface area contributed by atoms with E-state index in [1.54, 1.807) is 18.5 Å². The molecule has 5 nitrogen and oxygen atoms in total. The minimum absolute atomic E-state index is 0.144. The van der Waals surface area contributed by atoms with E-state index in [2.05, 4.69) is 22.0 Å². The van der Waals surface area contributed by atoms with Gasteiger partial charge in [-0.1, -0.05) is 18.5 Å². The van der Waals surface area contributed by atoms with Crippen LogP contribution in [0, 0.1) is 5.92 Å². The molecule has 1 unspecified atom stereocenters. The largest absolute Gasteiger partial charge is 0.409 e. The van der Waals surface area contributed by atoms with Gasteiger partial charge in [0.05, 0.1) is 11.9 Å². The van der Waals surface area contributed by atoms with Crippen molar-refractivity contribution >= 4 is 11.5 Å². The van der Waals surface area contributed by atoms with Gasteiger partial charge in [0.15, 0.2) is 5.84 Å². The van der Waals surface area contributed by atoms with Crippen molar-refractivity contribution in [3.05, 3.63) is 24.0 Å². The van der Waals surface area contributed by atoms with Crippen LogP contribution in [0.4, 0.5) is 5.69 Å². The summed E-state index contributed by atoms with van der Waals surface area (Å²) in [6, 6.07) is 1.79. The Morgan fingerprint density at radius 2 is 2.50 bits per heavy atom. The number of anilines is 1. The van der Waals surface area contributed by atoms with Gasteiger partial charge in [-0.25, -0.2) is 0 Å². The fraction of sp³-hybridized carbons (Fsp3) is 0.538. The lowest BCUT2D eigenvalue weighted by Gasteiger charge is -2.34. The van der Waals surface area contributed by atoms with Gasteiger partial charge in [-0.15, -0.1) is 0 Å².